The Hall–Kier alpha value is -2.11. The molecule has 23 nitrogen and oxygen atoms in total. The van der Waals surface area contributed by atoms with Gasteiger partial charge in [0.2, 0.25) is 11.8 Å². The summed E-state index contributed by atoms with van der Waals surface area (Å²) in [6.45, 7) is 1.39. The zero-order valence-electron chi connectivity index (χ0n) is 25.2. The number of aliphatic hydroxyl groups excluding tert-OH is 2. The Bertz CT molecular complexity index is 1590. The van der Waals surface area contributed by atoms with Crippen LogP contribution in [0.25, 0.3) is 11.2 Å². The number of nitrogens with one attached hydrogen (secondary N) is 2. The number of hydrogen-bond acceptors (Lipinski definition) is 17. The Morgan fingerprint density at radius 2 is 1.81 bits per heavy atom. The minimum atomic E-state index is -5.55. The molecule has 2 amide bonds. The van der Waals surface area contributed by atoms with Gasteiger partial charge >= 0.3 is 23.5 Å². The smallest absolute Gasteiger partial charge is 0.386 e. The van der Waals surface area contributed by atoms with Gasteiger partial charge in [0, 0.05) is 31.7 Å². The average molecular weight is 768 g/mol. The third kappa shape index (κ3) is 11.8. The fraction of sp³-hybridized carbons (Fsp3) is 0.667. The van der Waals surface area contributed by atoms with E-state index in [0.717, 1.165) is 31.1 Å². The molecule has 1 aliphatic rings. The van der Waals surface area contributed by atoms with E-state index in [2.05, 4.69) is 47.0 Å². The van der Waals surface area contributed by atoms with Crippen molar-refractivity contribution in [3.05, 3.63) is 12.7 Å². The molecule has 1 saturated heterocycles. The van der Waals surface area contributed by atoms with E-state index in [4.69, 9.17) is 19.5 Å². The first-order valence-corrected chi connectivity index (χ1v) is 18.8. The van der Waals surface area contributed by atoms with Crippen molar-refractivity contribution in [2.24, 2.45) is 0 Å². The molecule has 0 saturated carbocycles. The number of hydrogen-bond donors (Lipinski definition) is 10. The Kier molecular flexibility index (Phi) is 13.7. The van der Waals surface area contributed by atoms with Crippen LogP contribution < -0.4 is 16.4 Å². The third-order valence-electron chi connectivity index (χ3n) is 6.27. The van der Waals surface area contributed by atoms with E-state index in [9.17, 15) is 53.1 Å². The summed E-state index contributed by atoms with van der Waals surface area (Å²) in [4.78, 5) is 74.6. The van der Waals surface area contributed by atoms with Gasteiger partial charge in [-0.3, -0.25) is 27.7 Å². The van der Waals surface area contributed by atoms with Crippen LogP contribution in [-0.2, 0) is 45.9 Å². The maximum absolute atomic E-state index is 12.6. The molecule has 2 aromatic rings. The highest BCUT2D eigenvalue weighted by molar-refractivity contribution is 7.80. The summed E-state index contributed by atoms with van der Waals surface area (Å²) in [5.41, 5.74) is 4.05. The van der Waals surface area contributed by atoms with E-state index in [1.165, 1.54) is 0 Å². The molecule has 48 heavy (non-hydrogen) atoms. The third-order valence-corrected chi connectivity index (χ3v) is 9.87. The number of aromatic nitrogens is 4. The number of phosphoric ester groups is 3. The predicted molar refractivity (Wildman–Crippen MR) is 164 cm³/mol. The number of anilines is 1. The number of phosphoric acid groups is 3. The van der Waals surface area contributed by atoms with E-state index in [0.29, 0.717) is 12.3 Å². The number of nitrogens with two attached hydrogens (primary N) is 1. The molecule has 272 valence electrons. The van der Waals surface area contributed by atoms with E-state index in [1.54, 1.807) is 0 Å². The Labute approximate surface area is 277 Å². The zero-order chi connectivity index (χ0) is 36.1. The van der Waals surface area contributed by atoms with E-state index >= 15 is 0 Å². The van der Waals surface area contributed by atoms with E-state index in [-0.39, 0.29) is 35.9 Å². The van der Waals surface area contributed by atoms with Crippen LogP contribution in [0.1, 0.15) is 32.9 Å². The summed E-state index contributed by atoms with van der Waals surface area (Å²) >= 11 is 3.95. The van der Waals surface area contributed by atoms with Crippen LogP contribution >= 0.6 is 36.1 Å². The molecule has 0 aliphatic carbocycles. The van der Waals surface area contributed by atoms with E-state index in [1.807, 2.05) is 0 Å². The summed E-state index contributed by atoms with van der Waals surface area (Å²) in [6, 6.07) is 0. The fourth-order valence-electron chi connectivity index (χ4n) is 4.38. The maximum atomic E-state index is 12.6. The van der Waals surface area contributed by atoms with Crippen LogP contribution in [0.5, 0.6) is 0 Å². The number of nitrogens with zero attached hydrogens (tertiary/aromatic N) is 4. The van der Waals surface area contributed by atoms with Gasteiger partial charge in [0.15, 0.2) is 17.7 Å². The largest absolute Gasteiger partial charge is 0.481 e. The summed E-state index contributed by atoms with van der Waals surface area (Å²) in [7, 11) is -16.4. The Morgan fingerprint density at radius 3 is 2.46 bits per heavy atom. The average Bonchev–Trinajstić information content (AvgIpc) is 3.50. The van der Waals surface area contributed by atoms with Crippen LogP contribution in [-0.4, -0.2) is 117 Å². The Balaban J connectivity index is 1.61. The molecule has 2 aromatic heterocycles. The monoisotopic (exact) mass is 767 g/mol. The molecular formula is C21H36N7O16P3S. The van der Waals surface area contributed by atoms with Crippen LogP contribution in [0.15, 0.2) is 12.7 Å². The second kappa shape index (κ2) is 16.3. The number of carbonyl (C=O) groups is 2. The van der Waals surface area contributed by atoms with Crippen molar-refractivity contribution < 1.29 is 75.7 Å². The number of imidazole rings is 1. The number of carbonyl (C=O) groups excluding carboxylic acids is 2. The quantitative estimate of drug-likeness (QED) is 0.0608. The van der Waals surface area contributed by atoms with Crippen molar-refractivity contribution in [2.45, 2.75) is 62.9 Å². The maximum Gasteiger partial charge on any atom is 0.481 e. The second-order valence-corrected chi connectivity index (χ2v) is 15.3. The molecule has 0 bridgehead atoms. The number of thiol groups is 1. The lowest BCUT2D eigenvalue weighted by Gasteiger charge is -2.29. The van der Waals surface area contributed by atoms with Crippen molar-refractivity contribution in [2.75, 3.05) is 31.2 Å². The predicted octanol–water partition coefficient (Wildman–Crippen LogP) is -1.52. The van der Waals surface area contributed by atoms with Gasteiger partial charge < -0.3 is 50.9 Å². The zero-order valence-corrected chi connectivity index (χ0v) is 28.8. The van der Waals surface area contributed by atoms with Gasteiger partial charge in [-0.05, 0) is 13.8 Å². The lowest BCUT2D eigenvalue weighted by molar-refractivity contribution is -0.132. The minimum Gasteiger partial charge on any atom is -0.386 e. The standard InChI is InChI=1S/C21H36N7O16P3S/c1-21(2,7-11(29)19(32)24-4-3-13(30)23-5-6-48)43-47(38,39)44-46(36,37)40-8-12-16(42-45(33,34)35)15(31)20(41-12)28-10-27-14-17(22)25-9-26-18(14)28/h9-12,15-16,20,29,31,48H,3-8H2,1-2H3,(H,23,30)(H,24,32)(H,36,37)(H,38,39)(H2,22,25,26)(H2,33,34,35). The summed E-state index contributed by atoms with van der Waals surface area (Å²) in [6.07, 6.45) is -7.33. The molecule has 0 aromatic carbocycles. The van der Waals surface area contributed by atoms with Crippen molar-refractivity contribution in [3.63, 3.8) is 0 Å². The van der Waals surface area contributed by atoms with Crippen LogP contribution in [0.4, 0.5) is 5.82 Å². The molecule has 0 spiro atoms. The topological polar surface area (TPSA) is 347 Å². The normalized spacial score (nSPS) is 23.4. The second-order valence-electron chi connectivity index (χ2n) is 10.7. The van der Waals surface area contributed by atoms with Gasteiger partial charge in [0.05, 0.1) is 18.5 Å². The molecule has 1 aliphatic heterocycles. The van der Waals surface area contributed by atoms with Gasteiger partial charge in [-0.1, -0.05) is 0 Å². The highest BCUT2D eigenvalue weighted by Crippen LogP contribution is 2.62. The highest BCUT2D eigenvalue weighted by atomic mass is 32.1. The molecule has 3 rings (SSSR count). The summed E-state index contributed by atoms with van der Waals surface area (Å²) in [5, 5.41) is 25.9. The van der Waals surface area contributed by atoms with Crippen LogP contribution in [0.2, 0.25) is 0 Å². The summed E-state index contributed by atoms with van der Waals surface area (Å²) < 4.78 is 62.1. The molecular weight excluding hydrogens is 731 g/mol. The van der Waals surface area contributed by atoms with Crippen molar-refractivity contribution >= 4 is 64.9 Å². The lowest BCUT2D eigenvalue weighted by atomic mass is 10.0. The molecule has 27 heteroatoms. The molecule has 7 atom stereocenters. The number of amides is 2. The number of nitrogen functional groups attached to an aromatic ring is 1. The summed E-state index contributed by atoms with van der Waals surface area (Å²) in [5.74, 6) is -0.939. The SMILES string of the molecule is CC(C)(CC(O)C(=O)NCCC(=O)NCCS)OP(=O)(O)OP(=O)(O)OCC1OC(n2cnc3c(N)ncnc32)C(O)C1OP(=O)(O)O. The molecule has 10 N–H and O–H groups in total. The van der Waals surface area contributed by atoms with Crippen LogP contribution in [0.3, 0.4) is 0 Å². The number of fused-ring (bicyclic) bond motifs is 1. The van der Waals surface area contributed by atoms with Crippen molar-refractivity contribution in [1.29, 1.82) is 0 Å². The molecule has 7 unspecified atom stereocenters. The van der Waals surface area contributed by atoms with Gasteiger partial charge in [-0.15, -0.1) is 0 Å². The minimum absolute atomic E-state index is 0.0365. The molecule has 0 radical (unpaired) electrons. The van der Waals surface area contributed by atoms with Gasteiger partial charge in [0.25, 0.3) is 0 Å². The van der Waals surface area contributed by atoms with E-state index < -0.39 is 78.6 Å². The molecule has 3 heterocycles. The van der Waals surface area contributed by atoms with Gasteiger partial charge in [-0.2, -0.15) is 16.9 Å². The first-order valence-electron chi connectivity index (χ1n) is 13.7. The Morgan fingerprint density at radius 1 is 1.12 bits per heavy atom. The lowest BCUT2D eigenvalue weighted by Crippen LogP contribution is -2.41. The molecule has 1 fully saturated rings. The van der Waals surface area contributed by atoms with Crippen molar-refractivity contribution in [1.82, 2.24) is 30.2 Å². The fourth-order valence-corrected chi connectivity index (χ4v) is 7.46. The first-order chi connectivity index (χ1) is 22.1. The number of ether oxygens (including phenoxy) is 1. The van der Waals surface area contributed by atoms with Crippen molar-refractivity contribution in [3.8, 4) is 0 Å². The number of aliphatic hydroxyl groups is 2. The number of rotatable bonds is 18. The van der Waals surface area contributed by atoms with Gasteiger partial charge in [-0.25, -0.2) is 28.6 Å². The van der Waals surface area contributed by atoms with Crippen LogP contribution in [0, 0.1) is 0 Å². The first kappa shape index (κ1) is 40.3. The van der Waals surface area contributed by atoms with Gasteiger partial charge in [0.1, 0.15) is 36.3 Å². The highest BCUT2D eigenvalue weighted by Gasteiger charge is 2.50.